The first-order valence-electron chi connectivity index (χ1n) is 5.88. The van der Waals surface area contributed by atoms with Crippen LogP contribution in [0.4, 0.5) is 5.69 Å². The molecule has 0 aliphatic carbocycles. The highest BCUT2D eigenvalue weighted by molar-refractivity contribution is 5.99. The van der Waals surface area contributed by atoms with Crippen molar-refractivity contribution in [2.75, 3.05) is 0 Å². The molecule has 0 aliphatic heterocycles. The number of benzene rings is 2. The number of hydrogen-bond donors (Lipinski definition) is 1. The van der Waals surface area contributed by atoms with Crippen LogP contribution in [0.5, 0.6) is 0 Å². The first kappa shape index (κ1) is 13.5. The lowest BCUT2D eigenvalue weighted by molar-refractivity contribution is -0.384. The molecule has 5 heteroatoms. The number of carbonyl (C=O) groups is 1. The van der Waals surface area contributed by atoms with E-state index in [9.17, 15) is 14.9 Å². The number of nitrogens with one attached hydrogen (secondary N) is 1. The number of amides is 1. The molecule has 2 rings (SSSR count). The van der Waals surface area contributed by atoms with Crippen LogP contribution < -0.4 is 5.32 Å². The summed E-state index contributed by atoms with van der Waals surface area (Å²) in [4.78, 5) is 22.0. The summed E-state index contributed by atoms with van der Waals surface area (Å²) in [5.41, 5.74) is 1.58. The Morgan fingerprint density at radius 3 is 2.15 bits per heavy atom. The number of nitro groups is 1. The fourth-order valence-corrected chi connectivity index (χ4v) is 1.66. The third-order valence-corrected chi connectivity index (χ3v) is 2.73. The molecule has 20 heavy (non-hydrogen) atoms. The highest BCUT2D eigenvalue weighted by Gasteiger charge is 2.10. The van der Waals surface area contributed by atoms with Gasteiger partial charge in [-0.05, 0) is 17.7 Å². The van der Waals surface area contributed by atoms with Gasteiger partial charge in [-0.15, -0.1) is 0 Å². The minimum absolute atomic E-state index is 0.0524. The summed E-state index contributed by atoms with van der Waals surface area (Å²) in [6.07, 6.45) is 0. The summed E-state index contributed by atoms with van der Waals surface area (Å²) in [5.74, 6) is -0.353. The summed E-state index contributed by atoms with van der Waals surface area (Å²) < 4.78 is 0. The average molecular weight is 268 g/mol. The zero-order chi connectivity index (χ0) is 14.5. The summed E-state index contributed by atoms with van der Waals surface area (Å²) in [6.45, 7) is 3.80. The number of rotatable bonds is 4. The Hall–Kier alpha value is -2.95. The highest BCUT2D eigenvalue weighted by Crippen LogP contribution is 2.13. The summed E-state index contributed by atoms with van der Waals surface area (Å²) in [6, 6.07) is 14.6. The van der Waals surface area contributed by atoms with Crippen molar-refractivity contribution < 1.29 is 9.72 Å². The SMILES string of the molecule is C=C(NC(=O)c1ccc([N+](=O)[O-])cc1)c1ccccc1. The molecule has 0 radical (unpaired) electrons. The normalized spacial score (nSPS) is 9.80. The Labute approximate surface area is 115 Å². The van der Waals surface area contributed by atoms with Crippen LogP contribution in [0.1, 0.15) is 15.9 Å². The van der Waals surface area contributed by atoms with Gasteiger partial charge in [0.15, 0.2) is 0 Å². The molecule has 0 aromatic heterocycles. The van der Waals surface area contributed by atoms with Crippen LogP contribution in [0.15, 0.2) is 61.2 Å². The van der Waals surface area contributed by atoms with E-state index in [0.717, 1.165) is 5.56 Å². The largest absolute Gasteiger partial charge is 0.322 e. The molecule has 2 aromatic rings. The molecule has 2 aromatic carbocycles. The van der Waals surface area contributed by atoms with E-state index in [0.29, 0.717) is 11.3 Å². The fraction of sp³-hybridized carbons (Fsp3) is 0. The molecule has 5 nitrogen and oxygen atoms in total. The zero-order valence-corrected chi connectivity index (χ0v) is 10.6. The average Bonchev–Trinajstić information content (AvgIpc) is 2.48. The maximum Gasteiger partial charge on any atom is 0.269 e. The Morgan fingerprint density at radius 1 is 1.00 bits per heavy atom. The van der Waals surface area contributed by atoms with Crippen molar-refractivity contribution in [3.05, 3.63) is 82.4 Å². The van der Waals surface area contributed by atoms with E-state index in [1.165, 1.54) is 24.3 Å². The van der Waals surface area contributed by atoms with Crippen molar-refractivity contribution in [1.29, 1.82) is 0 Å². The molecule has 1 N–H and O–H groups in total. The van der Waals surface area contributed by atoms with Crippen LogP contribution >= 0.6 is 0 Å². The van der Waals surface area contributed by atoms with Crippen LogP contribution in [-0.2, 0) is 0 Å². The zero-order valence-electron chi connectivity index (χ0n) is 10.6. The Morgan fingerprint density at radius 2 is 1.60 bits per heavy atom. The minimum atomic E-state index is -0.509. The van der Waals surface area contributed by atoms with Crippen LogP contribution in [0.25, 0.3) is 5.70 Å². The van der Waals surface area contributed by atoms with Crippen LogP contribution in [-0.4, -0.2) is 10.8 Å². The van der Waals surface area contributed by atoms with Crippen molar-refractivity contribution in [3.8, 4) is 0 Å². The highest BCUT2D eigenvalue weighted by atomic mass is 16.6. The van der Waals surface area contributed by atoms with Gasteiger partial charge in [0.05, 0.1) is 4.92 Å². The van der Waals surface area contributed by atoms with Crippen LogP contribution in [0.2, 0.25) is 0 Å². The maximum atomic E-state index is 12.0. The first-order chi connectivity index (χ1) is 9.58. The van der Waals surface area contributed by atoms with Gasteiger partial charge in [0.25, 0.3) is 11.6 Å². The molecule has 0 spiro atoms. The smallest absolute Gasteiger partial charge is 0.269 e. The lowest BCUT2D eigenvalue weighted by Crippen LogP contribution is -2.21. The van der Waals surface area contributed by atoms with Gasteiger partial charge in [0, 0.05) is 23.4 Å². The summed E-state index contributed by atoms with van der Waals surface area (Å²) in [7, 11) is 0. The number of hydrogen-bond acceptors (Lipinski definition) is 3. The fourth-order valence-electron chi connectivity index (χ4n) is 1.66. The first-order valence-corrected chi connectivity index (χ1v) is 5.88. The molecule has 0 atom stereocenters. The molecular formula is C15H12N2O3. The van der Waals surface area contributed by atoms with Gasteiger partial charge in [-0.2, -0.15) is 0 Å². The maximum absolute atomic E-state index is 12.0. The van der Waals surface area contributed by atoms with E-state index >= 15 is 0 Å². The monoisotopic (exact) mass is 268 g/mol. The van der Waals surface area contributed by atoms with Crippen LogP contribution in [0.3, 0.4) is 0 Å². The van der Waals surface area contributed by atoms with Gasteiger partial charge in [0.1, 0.15) is 0 Å². The van der Waals surface area contributed by atoms with E-state index in [4.69, 9.17) is 0 Å². The molecule has 0 fully saturated rings. The van der Waals surface area contributed by atoms with E-state index in [1.54, 1.807) is 0 Å². The van der Waals surface area contributed by atoms with E-state index in [1.807, 2.05) is 30.3 Å². The van der Waals surface area contributed by atoms with E-state index in [2.05, 4.69) is 11.9 Å². The molecule has 0 bridgehead atoms. The molecule has 0 aliphatic rings. The summed E-state index contributed by atoms with van der Waals surface area (Å²) >= 11 is 0. The number of nitrogens with zero attached hydrogens (tertiary/aromatic N) is 1. The molecule has 100 valence electrons. The summed E-state index contributed by atoms with van der Waals surface area (Å²) in [5, 5.41) is 13.2. The second-order valence-corrected chi connectivity index (χ2v) is 4.10. The lowest BCUT2D eigenvalue weighted by Gasteiger charge is -2.08. The molecule has 0 unspecified atom stereocenters. The lowest BCUT2D eigenvalue weighted by atomic mass is 10.1. The number of nitro benzene ring substituents is 1. The molecule has 0 saturated carbocycles. The Balaban J connectivity index is 2.08. The van der Waals surface area contributed by atoms with Crippen molar-refractivity contribution >= 4 is 17.3 Å². The van der Waals surface area contributed by atoms with Crippen molar-refractivity contribution in [1.82, 2.24) is 5.32 Å². The molecule has 0 saturated heterocycles. The van der Waals surface area contributed by atoms with Crippen LogP contribution in [0, 0.1) is 10.1 Å². The van der Waals surface area contributed by atoms with E-state index in [-0.39, 0.29) is 11.6 Å². The van der Waals surface area contributed by atoms with Gasteiger partial charge in [-0.3, -0.25) is 14.9 Å². The molecule has 0 heterocycles. The third kappa shape index (κ3) is 3.08. The standard InChI is InChI=1S/C15H12N2O3/c1-11(12-5-3-2-4-6-12)16-15(18)13-7-9-14(10-8-13)17(19)20/h2-10H,1H2,(H,16,18). The Kier molecular flexibility index (Phi) is 3.91. The third-order valence-electron chi connectivity index (χ3n) is 2.73. The molecule has 1 amide bonds. The van der Waals surface area contributed by atoms with Gasteiger partial charge < -0.3 is 5.32 Å². The predicted molar refractivity (Wildman–Crippen MR) is 76.0 cm³/mol. The topological polar surface area (TPSA) is 72.2 Å². The molecular weight excluding hydrogens is 256 g/mol. The van der Waals surface area contributed by atoms with Gasteiger partial charge in [0.2, 0.25) is 0 Å². The van der Waals surface area contributed by atoms with E-state index < -0.39 is 4.92 Å². The quantitative estimate of drug-likeness (QED) is 0.684. The minimum Gasteiger partial charge on any atom is -0.322 e. The predicted octanol–water partition coefficient (Wildman–Crippen LogP) is 3.00. The van der Waals surface area contributed by atoms with Gasteiger partial charge in [-0.25, -0.2) is 0 Å². The number of carbonyl (C=O) groups excluding carboxylic acids is 1. The van der Waals surface area contributed by atoms with Crippen molar-refractivity contribution in [2.24, 2.45) is 0 Å². The number of non-ortho nitro benzene ring substituents is 1. The van der Waals surface area contributed by atoms with Gasteiger partial charge >= 0.3 is 0 Å². The van der Waals surface area contributed by atoms with Crippen molar-refractivity contribution in [2.45, 2.75) is 0 Å². The second kappa shape index (κ2) is 5.79. The van der Waals surface area contributed by atoms with Crippen molar-refractivity contribution in [3.63, 3.8) is 0 Å². The Bertz CT molecular complexity index is 649. The second-order valence-electron chi connectivity index (χ2n) is 4.10. The van der Waals surface area contributed by atoms with Gasteiger partial charge in [-0.1, -0.05) is 36.9 Å².